The Labute approximate surface area is 249 Å². The Morgan fingerprint density at radius 3 is 1.10 bits per heavy atom. The Bertz CT molecular complexity index is 1380. The van der Waals surface area contributed by atoms with Crippen molar-refractivity contribution in [1.82, 2.24) is 0 Å². The van der Waals surface area contributed by atoms with Crippen LogP contribution in [0.3, 0.4) is 0 Å². The Morgan fingerprint density at radius 2 is 0.780 bits per heavy atom. The maximum atomic E-state index is 11.3. The molecule has 3 heteroatoms. The smallest absolute Gasteiger partial charge is 0.123 e. The molecule has 0 amide bonds. The van der Waals surface area contributed by atoms with Gasteiger partial charge in [-0.25, -0.2) is 0 Å². The van der Waals surface area contributed by atoms with Gasteiger partial charge < -0.3 is 15.3 Å². The third-order valence-corrected chi connectivity index (χ3v) is 8.31. The van der Waals surface area contributed by atoms with E-state index in [1.807, 2.05) is 13.8 Å². The van der Waals surface area contributed by atoms with Gasteiger partial charge in [-0.3, -0.25) is 0 Å². The second kappa shape index (κ2) is 10.7. The Morgan fingerprint density at radius 1 is 0.463 bits per heavy atom. The van der Waals surface area contributed by atoms with Gasteiger partial charge in [0.15, 0.2) is 0 Å². The van der Waals surface area contributed by atoms with Gasteiger partial charge in [-0.1, -0.05) is 113 Å². The van der Waals surface area contributed by atoms with Crippen molar-refractivity contribution in [2.45, 2.75) is 131 Å². The summed E-state index contributed by atoms with van der Waals surface area (Å²) in [4.78, 5) is 0. The first kappa shape index (κ1) is 32.6. The first-order valence-electron chi connectivity index (χ1n) is 15.0. The molecule has 0 saturated heterocycles. The molecule has 3 nitrogen and oxygen atoms in total. The summed E-state index contributed by atoms with van der Waals surface area (Å²) in [6, 6.07) is 10.7. The third-order valence-electron chi connectivity index (χ3n) is 8.31. The molecule has 0 aliphatic carbocycles. The number of aromatic hydroxyl groups is 3. The minimum Gasteiger partial charge on any atom is -0.507 e. The van der Waals surface area contributed by atoms with Crippen LogP contribution in [0.4, 0.5) is 0 Å². The van der Waals surface area contributed by atoms with E-state index in [2.05, 4.69) is 113 Å². The number of hydrogen-bond donors (Lipinski definition) is 3. The molecule has 41 heavy (non-hydrogen) atoms. The van der Waals surface area contributed by atoms with Gasteiger partial charge in [0.1, 0.15) is 17.2 Å². The molecule has 0 radical (unpaired) electrons. The zero-order valence-electron chi connectivity index (χ0n) is 28.1. The number of aryl methyl sites for hydroxylation is 1. The fourth-order valence-electron chi connectivity index (χ4n) is 5.80. The summed E-state index contributed by atoms with van der Waals surface area (Å²) in [6.07, 6.45) is 1.35. The summed E-state index contributed by atoms with van der Waals surface area (Å²) in [5.41, 5.74) is 9.28. The molecule has 0 heterocycles. The number of hydrogen-bond acceptors (Lipinski definition) is 3. The average molecular weight is 559 g/mol. The summed E-state index contributed by atoms with van der Waals surface area (Å²) in [7, 11) is 0. The van der Waals surface area contributed by atoms with Crippen molar-refractivity contribution in [3.8, 4) is 17.2 Å². The summed E-state index contributed by atoms with van der Waals surface area (Å²) in [5, 5.41) is 33.6. The van der Waals surface area contributed by atoms with Crippen LogP contribution < -0.4 is 0 Å². The molecule has 3 N–H and O–H groups in total. The van der Waals surface area contributed by atoms with Crippen LogP contribution in [0.15, 0.2) is 30.3 Å². The van der Waals surface area contributed by atoms with E-state index in [9.17, 15) is 15.3 Å². The van der Waals surface area contributed by atoms with Crippen molar-refractivity contribution in [3.05, 3.63) is 86.0 Å². The Hall–Kier alpha value is -2.94. The van der Waals surface area contributed by atoms with E-state index in [0.717, 1.165) is 50.1 Å². The molecular weight excluding hydrogens is 504 g/mol. The zero-order chi connectivity index (χ0) is 31.5. The molecule has 224 valence electrons. The highest BCUT2D eigenvalue weighted by molar-refractivity contribution is 5.56. The first-order chi connectivity index (χ1) is 18.4. The quantitative estimate of drug-likeness (QED) is 0.299. The van der Waals surface area contributed by atoms with Crippen LogP contribution in [0.2, 0.25) is 0 Å². The zero-order valence-corrected chi connectivity index (χ0v) is 28.1. The molecule has 0 atom stereocenters. The van der Waals surface area contributed by atoms with Gasteiger partial charge >= 0.3 is 0 Å². The van der Waals surface area contributed by atoms with Crippen LogP contribution in [-0.4, -0.2) is 15.3 Å². The number of phenolic OH excluding ortho intramolecular Hbond substituents is 3. The van der Waals surface area contributed by atoms with Gasteiger partial charge in [0, 0.05) is 0 Å². The summed E-state index contributed by atoms with van der Waals surface area (Å²) in [6.45, 7) is 29.6. The molecule has 0 aliphatic rings. The molecule has 0 aromatic heterocycles. The van der Waals surface area contributed by atoms with Crippen LogP contribution >= 0.6 is 0 Å². The van der Waals surface area contributed by atoms with Crippen LogP contribution in [0.25, 0.3) is 0 Å². The first-order valence-corrected chi connectivity index (χ1v) is 15.0. The maximum absolute atomic E-state index is 11.3. The van der Waals surface area contributed by atoms with Gasteiger partial charge in [-0.2, -0.15) is 0 Å². The largest absolute Gasteiger partial charge is 0.507 e. The number of benzene rings is 3. The van der Waals surface area contributed by atoms with Crippen LogP contribution in [0, 0.1) is 13.8 Å². The molecule has 0 fully saturated rings. The maximum Gasteiger partial charge on any atom is 0.123 e. The highest BCUT2D eigenvalue weighted by Gasteiger charge is 2.29. The van der Waals surface area contributed by atoms with Crippen LogP contribution in [0.5, 0.6) is 17.2 Å². The van der Waals surface area contributed by atoms with E-state index < -0.39 is 0 Å². The van der Waals surface area contributed by atoms with Gasteiger partial charge in [-0.15, -0.1) is 0 Å². The summed E-state index contributed by atoms with van der Waals surface area (Å²) in [5.74, 6) is 1.11. The highest BCUT2D eigenvalue weighted by atomic mass is 16.3. The molecule has 0 spiro atoms. The van der Waals surface area contributed by atoms with E-state index in [4.69, 9.17) is 0 Å². The van der Waals surface area contributed by atoms with Crippen molar-refractivity contribution in [2.75, 3.05) is 0 Å². The van der Waals surface area contributed by atoms with Crippen LogP contribution in [-0.2, 0) is 34.5 Å². The van der Waals surface area contributed by atoms with Crippen molar-refractivity contribution >= 4 is 0 Å². The predicted molar refractivity (Wildman–Crippen MR) is 174 cm³/mol. The topological polar surface area (TPSA) is 60.7 Å². The second-order valence-electron chi connectivity index (χ2n) is 16.2. The minimum absolute atomic E-state index is 0.206. The second-order valence-corrected chi connectivity index (χ2v) is 16.2. The Kier molecular flexibility index (Phi) is 8.51. The fraction of sp³-hybridized carbons (Fsp3) is 0.526. The van der Waals surface area contributed by atoms with Gasteiger partial charge in [0.05, 0.1) is 0 Å². The Balaban J connectivity index is 2.26. The monoisotopic (exact) mass is 558 g/mol. The molecule has 0 bridgehead atoms. The number of rotatable bonds is 4. The fourth-order valence-corrected chi connectivity index (χ4v) is 5.80. The van der Waals surface area contributed by atoms with Crippen molar-refractivity contribution in [2.24, 2.45) is 0 Å². The lowest BCUT2D eigenvalue weighted by Crippen LogP contribution is -2.18. The predicted octanol–water partition coefficient (Wildman–Crippen LogP) is 9.79. The molecular formula is C38H54O3. The van der Waals surface area contributed by atoms with E-state index in [1.54, 1.807) is 0 Å². The van der Waals surface area contributed by atoms with E-state index in [1.165, 1.54) is 5.56 Å². The standard InChI is InChI=1S/C38H54O3/c1-22-15-26(16-24-18-28(35(3,4)5)33(40)29(19-24)36(6,7)8)27(23(2)32(22)39)17-25-20-30(37(9,10)11)34(41)31(21-25)38(12,13)14/h15,18-21,39-41H,16-17H2,1-14H3. The molecule has 0 unspecified atom stereocenters. The van der Waals surface area contributed by atoms with Gasteiger partial charge in [-0.05, 0) is 104 Å². The lowest BCUT2D eigenvalue weighted by atomic mass is 9.77. The van der Waals surface area contributed by atoms with Crippen molar-refractivity contribution in [1.29, 1.82) is 0 Å². The molecule has 3 aromatic rings. The summed E-state index contributed by atoms with van der Waals surface area (Å²) >= 11 is 0. The average Bonchev–Trinajstić information content (AvgIpc) is 2.79. The van der Waals surface area contributed by atoms with Gasteiger partial charge in [0.25, 0.3) is 0 Å². The lowest BCUT2D eigenvalue weighted by Gasteiger charge is -2.29. The van der Waals surface area contributed by atoms with E-state index in [0.29, 0.717) is 30.1 Å². The molecule has 3 aromatic carbocycles. The molecule has 3 rings (SSSR count). The van der Waals surface area contributed by atoms with Crippen LogP contribution in [0.1, 0.15) is 139 Å². The van der Waals surface area contributed by atoms with E-state index in [-0.39, 0.29) is 21.7 Å². The number of phenols is 3. The lowest BCUT2D eigenvalue weighted by molar-refractivity contribution is 0.422. The normalized spacial score (nSPS) is 13.1. The van der Waals surface area contributed by atoms with E-state index >= 15 is 0 Å². The minimum atomic E-state index is -0.216. The molecule has 0 aliphatic heterocycles. The summed E-state index contributed by atoms with van der Waals surface area (Å²) < 4.78 is 0. The van der Waals surface area contributed by atoms with Crippen molar-refractivity contribution in [3.63, 3.8) is 0 Å². The van der Waals surface area contributed by atoms with Crippen molar-refractivity contribution < 1.29 is 15.3 Å². The molecule has 0 saturated carbocycles. The highest BCUT2D eigenvalue weighted by Crippen LogP contribution is 2.43. The third kappa shape index (κ3) is 6.93. The van der Waals surface area contributed by atoms with Gasteiger partial charge in [0.2, 0.25) is 0 Å². The SMILES string of the molecule is Cc1cc(Cc2cc(C(C)(C)C)c(O)c(C(C)(C)C)c2)c(Cc2cc(C(C)(C)C)c(O)c(C(C)(C)C)c2)c(C)c1O.